The van der Waals surface area contributed by atoms with Crippen molar-refractivity contribution >= 4 is 22.5 Å². The van der Waals surface area contributed by atoms with Crippen LogP contribution < -0.4 is 5.32 Å². The number of fused-ring (bicyclic) bond motifs is 1. The molecule has 1 N–H and O–H groups in total. The summed E-state index contributed by atoms with van der Waals surface area (Å²) >= 11 is 0. The Morgan fingerprint density at radius 3 is 2.67 bits per heavy atom. The summed E-state index contributed by atoms with van der Waals surface area (Å²) in [5.41, 5.74) is 4.06. The number of hydrogen-bond donors (Lipinski definition) is 1. The largest absolute Gasteiger partial charge is 0.324 e. The van der Waals surface area contributed by atoms with Crippen LogP contribution in [0, 0.1) is 13.8 Å². The second-order valence-corrected chi connectivity index (χ2v) is 5.79. The van der Waals surface area contributed by atoms with Crippen LogP contribution in [0.3, 0.4) is 0 Å². The average molecular weight is 315 g/mol. The van der Waals surface area contributed by atoms with Crippen molar-refractivity contribution < 1.29 is 0 Å². The zero-order chi connectivity index (χ0) is 16.5. The minimum Gasteiger partial charge on any atom is -0.324 e. The lowest BCUT2D eigenvalue weighted by molar-refractivity contribution is 0.867. The van der Waals surface area contributed by atoms with Gasteiger partial charge in [0.2, 0.25) is 0 Å². The van der Waals surface area contributed by atoms with Gasteiger partial charge in [-0.15, -0.1) is 0 Å². The predicted octanol–water partition coefficient (Wildman–Crippen LogP) is 4.18. The van der Waals surface area contributed by atoms with Crippen molar-refractivity contribution in [1.82, 2.24) is 19.7 Å². The van der Waals surface area contributed by atoms with Crippen molar-refractivity contribution in [2.45, 2.75) is 13.8 Å². The minimum atomic E-state index is 0.773. The predicted molar refractivity (Wildman–Crippen MR) is 95.9 cm³/mol. The van der Waals surface area contributed by atoms with Crippen LogP contribution in [0.15, 0.2) is 60.9 Å². The third-order valence-corrected chi connectivity index (χ3v) is 3.87. The standard InChI is InChI=1S/C19H17N5/c1-13-6-5-7-15(10-13)24-18(11-14(2)23-24)22-19-16-8-3-4-9-17(16)20-12-21-19/h3-12H,1-2H3,(H,20,21,22). The van der Waals surface area contributed by atoms with E-state index in [1.807, 2.05) is 54.1 Å². The normalized spacial score (nSPS) is 10.9. The third kappa shape index (κ3) is 2.60. The van der Waals surface area contributed by atoms with Crippen molar-refractivity contribution in [1.29, 1.82) is 0 Å². The second-order valence-electron chi connectivity index (χ2n) is 5.79. The maximum Gasteiger partial charge on any atom is 0.142 e. The number of aryl methyl sites for hydroxylation is 2. The molecule has 0 saturated heterocycles. The molecule has 2 aromatic carbocycles. The van der Waals surface area contributed by atoms with Gasteiger partial charge in [0.25, 0.3) is 0 Å². The Morgan fingerprint density at radius 1 is 0.917 bits per heavy atom. The van der Waals surface area contributed by atoms with Crippen LogP contribution in [0.1, 0.15) is 11.3 Å². The zero-order valence-electron chi connectivity index (χ0n) is 13.6. The summed E-state index contributed by atoms with van der Waals surface area (Å²) in [6.45, 7) is 4.06. The Kier molecular flexibility index (Phi) is 3.46. The summed E-state index contributed by atoms with van der Waals surface area (Å²) in [6, 6.07) is 18.2. The molecule has 0 amide bonds. The first-order valence-electron chi connectivity index (χ1n) is 7.81. The molecular weight excluding hydrogens is 298 g/mol. The monoisotopic (exact) mass is 315 g/mol. The van der Waals surface area contributed by atoms with Gasteiger partial charge in [-0.25, -0.2) is 14.6 Å². The Hall–Kier alpha value is -3.21. The number of benzene rings is 2. The lowest BCUT2D eigenvalue weighted by Crippen LogP contribution is -2.04. The van der Waals surface area contributed by atoms with Gasteiger partial charge in [0.15, 0.2) is 0 Å². The molecule has 118 valence electrons. The molecule has 2 heterocycles. The molecule has 5 nitrogen and oxygen atoms in total. The highest BCUT2D eigenvalue weighted by Gasteiger charge is 2.10. The maximum atomic E-state index is 4.61. The van der Waals surface area contributed by atoms with E-state index in [9.17, 15) is 0 Å². The number of para-hydroxylation sites is 1. The van der Waals surface area contributed by atoms with Gasteiger partial charge in [0.05, 0.1) is 16.9 Å². The molecule has 0 spiro atoms. The number of hydrogen-bond acceptors (Lipinski definition) is 4. The summed E-state index contributed by atoms with van der Waals surface area (Å²) < 4.78 is 1.90. The van der Waals surface area contributed by atoms with E-state index < -0.39 is 0 Å². The van der Waals surface area contributed by atoms with Gasteiger partial charge in [0.1, 0.15) is 18.0 Å². The Balaban J connectivity index is 1.80. The summed E-state index contributed by atoms with van der Waals surface area (Å²) in [7, 11) is 0. The van der Waals surface area contributed by atoms with Gasteiger partial charge < -0.3 is 5.32 Å². The molecule has 24 heavy (non-hydrogen) atoms. The van der Waals surface area contributed by atoms with E-state index in [4.69, 9.17) is 0 Å². The molecule has 0 aliphatic heterocycles. The molecule has 2 aromatic heterocycles. The van der Waals surface area contributed by atoms with Gasteiger partial charge in [0, 0.05) is 11.5 Å². The van der Waals surface area contributed by atoms with E-state index in [-0.39, 0.29) is 0 Å². The molecule has 0 fully saturated rings. The fourth-order valence-electron chi connectivity index (χ4n) is 2.77. The highest BCUT2D eigenvalue weighted by atomic mass is 15.3. The molecule has 0 aliphatic rings. The van der Waals surface area contributed by atoms with E-state index in [1.165, 1.54) is 5.56 Å². The Labute approximate surface area is 140 Å². The zero-order valence-corrected chi connectivity index (χ0v) is 13.6. The third-order valence-electron chi connectivity index (χ3n) is 3.87. The summed E-state index contributed by atoms with van der Waals surface area (Å²) in [5, 5.41) is 8.99. The number of anilines is 2. The first kappa shape index (κ1) is 14.4. The number of nitrogens with zero attached hydrogens (tertiary/aromatic N) is 4. The van der Waals surface area contributed by atoms with Gasteiger partial charge in [-0.3, -0.25) is 0 Å². The minimum absolute atomic E-state index is 0.773. The summed E-state index contributed by atoms with van der Waals surface area (Å²) in [6.07, 6.45) is 1.57. The summed E-state index contributed by atoms with van der Waals surface area (Å²) in [5.74, 6) is 1.65. The maximum absolute atomic E-state index is 4.61. The van der Waals surface area contributed by atoms with Crippen LogP contribution in [-0.4, -0.2) is 19.7 Å². The fraction of sp³-hybridized carbons (Fsp3) is 0.105. The van der Waals surface area contributed by atoms with Crippen LogP contribution in [0.4, 0.5) is 11.6 Å². The SMILES string of the molecule is Cc1cccc(-n2nc(C)cc2Nc2ncnc3ccccc23)c1. The second kappa shape index (κ2) is 5.77. The van der Waals surface area contributed by atoms with Gasteiger partial charge in [-0.05, 0) is 43.7 Å². The molecule has 0 unspecified atom stereocenters. The lowest BCUT2D eigenvalue weighted by Gasteiger charge is -2.11. The Bertz CT molecular complexity index is 1010. The van der Waals surface area contributed by atoms with E-state index in [0.717, 1.165) is 33.9 Å². The number of rotatable bonds is 3. The molecule has 0 saturated carbocycles. The number of aromatic nitrogens is 4. The Morgan fingerprint density at radius 2 is 1.79 bits per heavy atom. The van der Waals surface area contributed by atoms with E-state index in [1.54, 1.807) is 6.33 Å². The molecule has 0 radical (unpaired) electrons. The molecule has 0 bridgehead atoms. The molecule has 5 heteroatoms. The first-order valence-corrected chi connectivity index (χ1v) is 7.81. The van der Waals surface area contributed by atoms with Gasteiger partial charge in [-0.1, -0.05) is 24.3 Å². The van der Waals surface area contributed by atoms with Crippen LogP contribution in [0.2, 0.25) is 0 Å². The smallest absolute Gasteiger partial charge is 0.142 e. The van der Waals surface area contributed by atoms with Crippen molar-refractivity contribution in [3.8, 4) is 5.69 Å². The lowest BCUT2D eigenvalue weighted by atomic mass is 10.2. The van der Waals surface area contributed by atoms with Gasteiger partial charge >= 0.3 is 0 Å². The summed E-state index contributed by atoms with van der Waals surface area (Å²) in [4.78, 5) is 8.71. The van der Waals surface area contributed by atoms with E-state index >= 15 is 0 Å². The van der Waals surface area contributed by atoms with E-state index in [2.05, 4.69) is 39.4 Å². The average Bonchev–Trinajstić information content (AvgIpc) is 2.96. The number of nitrogens with one attached hydrogen (secondary N) is 1. The molecule has 4 rings (SSSR count). The first-order chi connectivity index (χ1) is 11.7. The van der Waals surface area contributed by atoms with Crippen molar-refractivity contribution in [2.24, 2.45) is 0 Å². The van der Waals surface area contributed by atoms with Crippen molar-refractivity contribution in [3.63, 3.8) is 0 Å². The topological polar surface area (TPSA) is 55.6 Å². The van der Waals surface area contributed by atoms with Crippen LogP contribution in [0.25, 0.3) is 16.6 Å². The molecule has 4 aromatic rings. The fourth-order valence-corrected chi connectivity index (χ4v) is 2.77. The van der Waals surface area contributed by atoms with Crippen molar-refractivity contribution in [3.05, 3.63) is 72.2 Å². The molecule has 0 aliphatic carbocycles. The van der Waals surface area contributed by atoms with Crippen molar-refractivity contribution in [2.75, 3.05) is 5.32 Å². The van der Waals surface area contributed by atoms with Crippen LogP contribution in [-0.2, 0) is 0 Å². The van der Waals surface area contributed by atoms with Gasteiger partial charge in [-0.2, -0.15) is 5.10 Å². The molecular formula is C19H17N5. The van der Waals surface area contributed by atoms with Crippen LogP contribution in [0.5, 0.6) is 0 Å². The highest BCUT2D eigenvalue weighted by molar-refractivity contribution is 5.90. The van der Waals surface area contributed by atoms with E-state index in [0.29, 0.717) is 0 Å². The van der Waals surface area contributed by atoms with Crippen LogP contribution >= 0.6 is 0 Å². The quantitative estimate of drug-likeness (QED) is 0.616. The molecule has 0 atom stereocenters. The highest BCUT2D eigenvalue weighted by Crippen LogP contribution is 2.25.